The number of allylic oxidation sites excluding steroid dienone is 3. The summed E-state index contributed by atoms with van der Waals surface area (Å²) >= 11 is 0. The van der Waals surface area contributed by atoms with Crippen LogP contribution >= 0.6 is 0 Å². The molecule has 1 unspecified atom stereocenters. The summed E-state index contributed by atoms with van der Waals surface area (Å²) in [7, 11) is 0. The highest BCUT2D eigenvalue weighted by molar-refractivity contribution is 5.50. The van der Waals surface area contributed by atoms with Crippen LogP contribution in [-0.2, 0) is 4.79 Å². The van der Waals surface area contributed by atoms with Crippen molar-refractivity contribution in [3.63, 3.8) is 0 Å². The summed E-state index contributed by atoms with van der Waals surface area (Å²) in [5.41, 5.74) is 0. The first kappa shape index (κ1) is 11.2. The Bertz CT molecular complexity index is 147. The lowest BCUT2D eigenvalue weighted by atomic mass is 9.99. The Morgan fingerprint density at radius 1 is 1.50 bits per heavy atom. The van der Waals surface area contributed by atoms with Crippen LogP contribution in [0.25, 0.3) is 0 Å². The van der Waals surface area contributed by atoms with Gasteiger partial charge in [0.05, 0.1) is 0 Å². The molecule has 0 saturated carbocycles. The fraction of sp³-hybridized carbons (Fsp3) is 0.545. The van der Waals surface area contributed by atoms with Crippen molar-refractivity contribution in [1.29, 1.82) is 0 Å². The van der Waals surface area contributed by atoms with E-state index in [4.69, 9.17) is 0 Å². The highest BCUT2D eigenvalue weighted by atomic mass is 16.1. The number of hydrogen-bond acceptors (Lipinski definition) is 1. The van der Waals surface area contributed by atoms with Crippen LogP contribution in [0, 0.1) is 5.92 Å². The van der Waals surface area contributed by atoms with Crippen molar-refractivity contribution in [2.24, 2.45) is 5.92 Å². The van der Waals surface area contributed by atoms with Gasteiger partial charge in [-0.15, -0.1) is 0 Å². The molecule has 1 atom stereocenters. The van der Waals surface area contributed by atoms with Crippen LogP contribution in [0.15, 0.2) is 24.8 Å². The first-order valence-electron chi connectivity index (χ1n) is 4.58. The molecular formula is C11H18O. The third-order valence-electron chi connectivity index (χ3n) is 1.85. The van der Waals surface area contributed by atoms with Gasteiger partial charge in [-0.2, -0.15) is 0 Å². The molecule has 0 rings (SSSR count). The van der Waals surface area contributed by atoms with Crippen LogP contribution in [0.4, 0.5) is 0 Å². The second kappa shape index (κ2) is 8.25. The monoisotopic (exact) mass is 166 g/mol. The molecule has 0 spiro atoms. The van der Waals surface area contributed by atoms with Crippen LogP contribution in [0.2, 0.25) is 0 Å². The van der Waals surface area contributed by atoms with Crippen molar-refractivity contribution >= 4 is 6.29 Å². The number of aldehydes is 1. The summed E-state index contributed by atoms with van der Waals surface area (Å²) < 4.78 is 0. The second-order valence-corrected chi connectivity index (χ2v) is 2.93. The molecule has 0 radical (unpaired) electrons. The van der Waals surface area contributed by atoms with Gasteiger partial charge in [-0.1, -0.05) is 44.6 Å². The average molecular weight is 166 g/mol. The number of unbranched alkanes of at least 4 members (excludes halogenated alkanes) is 1. The van der Waals surface area contributed by atoms with Crippen LogP contribution < -0.4 is 0 Å². The van der Waals surface area contributed by atoms with Crippen molar-refractivity contribution in [3.8, 4) is 0 Å². The first-order valence-corrected chi connectivity index (χ1v) is 4.58. The molecule has 1 nitrogen and oxygen atoms in total. The lowest BCUT2D eigenvalue weighted by Crippen LogP contribution is -1.96. The van der Waals surface area contributed by atoms with Gasteiger partial charge in [0.2, 0.25) is 0 Å². The molecule has 0 amide bonds. The van der Waals surface area contributed by atoms with Crippen molar-refractivity contribution in [1.82, 2.24) is 0 Å². The Morgan fingerprint density at radius 2 is 2.25 bits per heavy atom. The molecule has 0 fully saturated rings. The topological polar surface area (TPSA) is 17.1 Å². The standard InChI is InChI=1S/C11H18O/c1-3-5-7-11(9-10-12)8-6-4-2/h3,5,7,10-11H,1,4,6,8-9H2,2H3/b7-5+. The molecule has 0 aromatic heterocycles. The van der Waals surface area contributed by atoms with E-state index in [2.05, 4.69) is 19.6 Å². The molecule has 12 heavy (non-hydrogen) atoms. The Kier molecular flexibility index (Phi) is 7.66. The molecule has 68 valence electrons. The lowest BCUT2D eigenvalue weighted by molar-refractivity contribution is -0.108. The van der Waals surface area contributed by atoms with Gasteiger partial charge in [0.25, 0.3) is 0 Å². The van der Waals surface area contributed by atoms with E-state index in [0.717, 1.165) is 12.7 Å². The van der Waals surface area contributed by atoms with E-state index in [0.29, 0.717) is 12.3 Å². The Balaban J connectivity index is 3.75. The number of carbonyl (C=O) groups excluding carboxylic acids is 1. The summed E-state index contributed by atoms with van der Waals surface area (Å²) in [4.78, 5) is 10.3. The van der Waals surface area contributed by atoms with Crippen LogP contribution in [-0.4, -0.2) is 6.29 Å². The Hall–Kier alpha value is -0.850. The van der Waals surface area contributed by atoms with Gasteiger partial charge in [-0.25, -0.2) is 0 Å². The molecular weight excluding hydrogens is 148 g/mol. The van der Waals surface area contributed by atoms with Gasteiger partial charge in [-0.05, 0) is 12.3 Å². The van der Waals surface area contributed by atoms with Crippen molar-refractivity contribution in [2.45, 2.75) is 32.6 Å². The maximum Gasteiger partial charge on any atom is 0.120 e. The minimum absolute atomic E-state index is 0.417. The Morgan fingerprint density at radius 3 is 2.75 bits per heavy atom. The molecule has 0 aliphatic rings. The van der Waals surface area contributed by atoms with Crippen LogP contribution in [0.3, 0.4) is 0 Å². The zero-order valence-corrected chi connectivity index (χ0v) is 7.83. The highest BCUT2D eigenvalue weighted by Gasteiger charge is 2.01. The van der Waals surface area contributed by atoms with Crippen molar-refractivity contribution in [3.05, 3.63) is 24.8 Å². The summed E-state index contributed by atoms with van der Waals surface area (Å²) in [6.45, 7) is 5.76. The van der Waals surface area contributed by atoms with Crippen molar-refractivity contribution < 1.29 is 4.79 Å². The molecule has 0 aliphatic carbocycles. The van der Waals surface area contributed by atoms with E-state index in [1.54, 1.807) is 6.08 Å². The van der Waals surface area contributed by atoms with Gasteiger partial charge in [0.1, 0.15) is 6.29 Å². The second-order valence-electron chi connectivity index (χ2n) is 2.93. The molecule has 0 N–H and O–H groups in total. The smallest absolute Gasteiger partial charge is 0.120 e. The van der Waals surface area contributed by atoms with E-state index in [1.165, 1.54) is 12.8 Å². The summed E-state index contributed by atoms with van der Waals surface area (Å²) in [6.07, 6.45) is 10.9. The van der Waals surface area contributed by atoms with Crippen LogP contribution in [0.5, 0.6) is 0 Å². The minimum atomic E-state index is 0.417. The number of hydrogen-bond donors (Lipinski definition) is 0. The zero-order chi connectivity index (χ0) is 9.23. The lowest BCUT2D eigenvalue weighted by Gasteiger charge is -2.06. The Labute approximate surface area is 75.2 Å². The van der Waals surface area contributed by atoms with E-state index in [1.807, 2.05) is 6.08 Å². The molecule has 0 aromatic carbocycles. The predicted molar refractivity (Wildman–Crippen MR) is 53.0 cm³/mol. The average Bonchev–Trinajstić information content (AvgIpc) is 2.10. The van der Waals surface area contributed by atoms with Gasteiger partial charge in [0.15, 0.2) is 0 Å². The number of carbonyl (C=O) groups is 1. The van der Waals surface area contributed by atoms with E-state index < -0.39 is 0 Å². The molecule has 0 bridgehead atoms. The molecule has 0 aliphatic heterocycles. The SMILES string of the molecule is C=C/C=C/C(CC=O)CCCC. The van der Waals surface area contributed by atoms with Gasteiger partial charge >= 0.3 is 0 Å². The van der Waals surface area contributed by atoms with E-state index in [9.17, 15) is 4.79 Å². The summed E-state index contributed by atoms with van der Waals surface area (Å²) in [5.74, 6) is 0.417. The van der Waals surface area contributed by atoms with Gasteiger partial charge < -0.3 is 4.79 Å². The van der Waals surface area contributed by atoms with Crippen molar-refractivity contribution in [2.75, 3.05) is 0 Å². The third kappa shape index (κ3) is 5.90. The van der Waals surface area contributed by atoms with Gasteiger partial charge in [0, 0.05) is 6.42 Å². The fourth-order valence-corrected chi connectivity index (χ4v) is 1.12. The zero-order valence-electron chi connectivity index (χ0n) is 7.83. The molecule has 0 aromatic rings. The normalized spacial score (nSPS) is 13.1. The summed E-state index contributed by atoms with van der Waals surface area (Å²) in [6, 6.07) is 0. The molecule has 1 heteroatoms. The first-order chi connectivity index (χ1) is 5.85. The quantitative estimate of drug-likeness (QED) is 0.419. The minimum Gasteiger partial charge on any atom is -0.303 e. The number of rotatable bonds is 7. The molecule has 0 saturated heterocycles. The van der Waals surface area contributed by atoms with Gasteiger partial charge in [-0.3, -0.25) is 0 Å². The van der Waals surface area contributed by atoms with Crippen LogP contribution in [0.1, 0.15) is 32.6 Å². The van der Waals surface area contributed by atoms with E-state index >= 15 is 0 Å². The maximum absolute atomic E-state index is 10.3. The predicted octanol–water partition coefficient (Wildman–Crippen LogP) is 3.12. The third-order valence-corrected chi connectivity index (χ3v) is 1.85. The fourth-order valence-electron chi connectivity index (χ4n) is 1.12. The summed E-state index contributed by atoms with van der Waals surface area (Å²) in [5, 5.41) is 0. The molecule has 0 heterocycles. The van der Waals surface area contributed by atoms with E-state index in [-0.39, 0.29) is 0 Å². The maximum atomic E-state index is 10.3. The highest BCUT2D eigenvalue weighted by Crippen LogP contribution is 2.12. The largest absolute Gasteiger partial charge is 0.303 e.